The summed E-state index contributed by atoms with van der Waals surface area (Å²) in [7, 11) is 0. The average Bonchev–Trinajstić information content (AvgIpc) is 0. The van der Waals surface area contributed by atoms with Gasteiger partial charge in [-0.05, 0) is 0 Å². The molecule has 0 amide bonds. The summed E-state index contributed by atoms with van der Waals surface area (Å²) in [5.74, 6) is 0. The first-order valence-electron chi connectivity index (χ1n) is 0. The quantitative estimate of drug-likeness (QED) is 0.370. The summed E-state index contributed by atoms with van der Waals surface area (Å²) >= 11 is 0. The van der Waals surface area contributed by atoms with Gasteiger partial charge in [0.15, 0.2) is 0 Å². The smallest absolute Gasteiger partial charge is 0 e. The fourth-order valence-corrected chi connectivity index (χ4v) is 0. The average molecular weight is 166 g/mol. The standard InChI is InChI=1S/2ClH.Ni.H3P/h2*1H;;1H3. The normalized spacial score (nSPS) is 0. The molecule has 0 N–H and O–H groups in total. The van der Waals surface area contributed by atoms with E-state index in [0.717, 1.165) is 0 Å². The molecule has 0 aromatic rings. The fourth-order valence-electron chi connectivity index (χ4n) is 0. The van der Waals surface area contributed by atoms with Crippen molar-refractivity contribution in [3.63, 3.8) is 0 Å². The van der Waals surface area contributed by atoms with Crippen molar-refractivity contribution in [2.75, 3.05) is 0 Å². The van der Waals surface area contributed by atoms with Crippen LogP contribution in [-0.2, 0) is 16.5 Å². The number of rotatable bonds is 0. The molecule has 1 unspecified atom stereocenters. The van der Waals surface area contributed by atoms with Crippen molar-refractivity contribution in [1.29, 1.82) is 0 Å². The van der Waals surface area contributed by atoms with Crippen LogP contribution >= 0.6 is 34.7 Å². The van der Waals surface area contributed by atoms with Gasteiger partial charge in [0.1, 0.15) is 0 Å². The van der Waals surface area contributed by atoms with Crippen molar-refractivity contribution < 1.29 is 16.5 Å². The summed E-state index contributed by atoms with van der Waals surface area (Å²) in [6.07, 6.45) is 0. The molecule has 0 aliphatic carbocycles. The molecule has 1 atom stereocenters. The number of halogens is 2. The first kappa shape index (κ1) is 49.4. The predicted molar refractivity (Wildman–Crippen MR) is 25.6 cm³/mol. The topological polar surface area (TPSA) is 0 Å². The Labute approximate surface area is 51.5 Å². The van der Waals surface area contributed by atoms with Crippen LogP contribution in [0.1, 0.15) is 0 Å². The summed E-state index contributed by atoms with van der Waals surface area (Å²) in [5, 5.41) is 0. The van der Waals surface area contributed by atoms with Gasteiger partial charge in [-0.25, -0.2) is 0 Å². The molecule has 0 saturated carbocycles. The van der Waals surface area contributed by atoms with Crippen molar-refractivity contribution in [2.24, 2.45) is 0 Å². The first-order valence-corrected chi connectivity index (χ1v) is 0. The second-order valence-corrected chi connectivity index (χ2v) is 0. The van der Waals surface area contributed by atoms with E-state index in [9.17, 15) is 0 Å². The van der Waals surface area contributed by atoms with Crippen molar-refractivity contribution in [2.45, 2.75) is 0 Å². The van der Waals surface area contributed by atoms with Gasteiger partial charge in [0.25, 0.3) is 0 Å². The third-order valence-electron chi connectivity index (χ3n) is 0. The molecule has 0 heterocycles. The Kier molecular flexibility index (Phi) is 302. The van der Waals surface area contributed by atoms with Crippen LogP contribution in [0.2, 0.25) is 0 Å². The molecule has 0 spiro atoms. The summed E-state index contributed by atoms with van der Waals surface area (Å²) in [5.41, 5.74) is 0. The SMILES string of the molecule is Cl.Cl.P.[Ni]. The van der Waals surface area contributed by atoms with E-state index in [1.54, 1.807) is 0 Å². The molecular formula is H5Cl2NiP. The Hall–Kier alpha value is 1.50. The Morgan fingerprint density at radius 1 is 0.750 bits per heavy atom. The van der Waals surface area contributed by atoms with E-state index in [-0.39, 0.29) is 51.2 Å². The third kappa shape index (κ3) is 9.71. The molecule has 0 aromatic carbocycles. The monoisotopic (exact) mass is 164 g/mol. The van der Waals surface area contributed by atoms with Crippen LogP contribution in [0.3, 0.4) is 0 Å². The van der Waals surface area contributed by atoms with Crippen molar-refractivity contribution >= 4 is 34.7 Å². The van der Waals surface area contributed by atoms with Crippen molar-refractivity contribution in [3.8, 4) is 0 Å². The van der Waals surface area contributed by atoms with E-state index in [1.807, 2.05) is 0 Å². The molecule has 0 radical (unpaired) electrons. The van der Waals surface area contributed by atoms with Crippen LogP contribution in [0.15, 0.2) is 0 Å². The molecule has 0 aliphatic rings. The maximum absolute atomic E-state index is 0. The van der Waals surface area contributed by atoms with Gasteiger partial charge in [-0.15, -0.1) is 24.8 Å². The second-order valence-electron chi connectivity index (χ2n) is 0. The first-order chi connectivity index (χ1) is 0. The zero-order valence-corrected chi connectivity index (χ0v) is 5.87. The van der Waals surface area contributed by atoms with Crippen LogP contribution in [0.5, 0.6) is 0 Å². The van der Waals surface area contributed by atoms with E-state index in [4.69, 9.17) is 0 Å². The van der Waals surface area contributed by atoms with Gasteiger partial charge < -0.3 is 0 Å². The van der Waals surface area contributed by atoms with Gasteiger partial charge in [-0.1, -0.05) is 0 Å². The molecule has 0 rings (SSSR count). The molecular weight excluding hydrogens is 161 g/mol. The largest absolute Gasteiger partial charge is 0.153 e. The number of hydrogen-bond donors (Lipinski definition) is 0. The Balaban J connectivity index is 0. The zero-order valence-electron chi connectivity index (χ0n) is 1.84. The molecule has 0 saturated heterocycles. The summed E-state index contributed by atoms with van der Waals surface area (Å²) < 4.78 is 0. The molecule has 4 heavy (non-hydrogen) atoms. The van der Waals surface area contributed by atoms with Crippen LogP contribution < -0.4 is 0 Å². The fraction of sp³-hybridized carbons (Fsp3) is 0. The van der Waals surface area contributed by atoms with Crippen molar-refractivity contribution in [3.05, 3.63) is 0 Å². The van der Waals surface area contributed by atoms with Gasteiger partial charge in [0.05, 0.1) is 0 Å². The maximum Gasteiger partial charge on any atom is 0 e. The van der Waals surface area contributed by atoms with E-state index >= 15 is 0 Å². The van der Waals surface area contributed by atoms with Crippen molar-refractivity contribution in [1.82, 2.24) is 0 Å². The minimum atomic E-state index is 0. The van der Waals surface area contributed by atoms with Gasteiger partial charge in [-0.3, -0.25) is 0 Å². The van der Waals surface area contributed by atoms with Gasteiger partial charge in [-0.2, -0.15) is 9.90 Å². The second kappa shape index (κ2) is 24.5. The minimum absolute atomic E-state index is 0. The zero-order chi connectivity index (χ0) is 0. The Morgan fingerprint density at radius 3 is 0.750 bits per heavy atom. The maximum atomic E-state index is 0. The van der Waals surface area contributed by atoms with E-state index in [2.05, 4.69) is 0 Å². The van der Waals surface area contributed by atoms with Crippen LogP contribution in [0, 0.1) is 0 Å². The van der Waals surface area contributed by atoms with Gasteiger partial charge in [0.2, 0.25) is 0 Å². The van der Waals surface area contributed by atoms with E-state index in [1.165, 1.54) is 0 Å². The third-order valence-corrected chi connectivity index (χ3v) is 0. The molecule has 0 bridgehead atoms. The summed E-state index contributed by atoms with van der Waals surface area (Å²) in [6, 6.07) is 0. The van der Waals surface area contributed by atoms with Gasteiger partial charge in [0, 0.05) is 16.5 Å². The summed E-state index contributed by atoms with van der Waals surface area (Å²) in [6.45, 7) is 0. The van der Waals surface area contributed by atoms with E-state index in [0.29, 0.717) is 0 Å². The molecule has 4 heteroatoms. The molecule has 0 aliphatic heterocycles. The van der Waals surface area contributed by atoms with Gasteiger partial charge >= 0.3 is 0 Å². The predicted octanol–water partition coefficient (Wildman–Crippen LogP) is 0.899. The Morgan fingerprint density at radius 2 is 0.750 bits per heavy atom. The molecule has 0 nitrogen and oxygen atoms in total. The van der Waals surface area contributed by atoms with Crippen LogP contribution in [0.4, 0.5) is 0 Å². The molecule has 34 valence electrons. The molecule has 0 fully saturated rings. The van der Waals surface area contributed by atoms with Crippen LogP contribution in [0.25, 0.3) is 0 Å². The van der Waals surface area contributed by atoms with Crippen LogP contribution in [-0.4, -0.2) is 0 Å². The molecule has 0 aromatic heterocycles. The minimum Gasteiger partial charge on any atom is -0.153 e. The Bertz CT molecular complexity index is 6.00. The number of hydrogen-bond acceptors (Lipinski definition) is 0. The van der Waals surface area contributed by atoms with E-state index < -0.39 is 0 Å². The summed E-state index contributed by atoms with van der Waals surface area (Å²) in [4.78, 5) is 0.